The average molecular weight is 419 g/mol. The van der Waals surface area contributed by atoms with Crippen molar-refractivity contribution in [1.82, 2.24) is 9.47 Å². The highest BCUT2D eigenvalue weighted by molar-refractivity contribution is 9.10. The number of nitrogens with zero attached hydrogens (tertiary/aromatic N) is 2. The fourth-order valence-corrected chi connectivity index (χ4v) is 4.10. The van der Waals surface area contributed by atoms with Crippen LogP contribution in [-0.4, -0.2) is 20.6 Å². The number of hydrogen-bond donors (Lipinski definition) is 0. The predicted molar refractivity (Wildman–Crippen MR) is 105 cm³/mol. The minimum atomic E-state index is -0.223. The molecule has 130 valence electrons. The van der Waals surface area contributed by atoms with Gasteiger partial charge < -0.3 is 4.57 Å². The Labute approximate surface area is 160 Å². The highest BCUT2D eigenvalue weighted by Crippen LogP contribution is 2.34. The predicted octanol–water partition coefficient (Wildman–Crippen LogP) is 5.12. The Hall–Kier alpha value is -1.79. The van der Waals surface area contributed by atoms with E-state index in [0.29, 0.717) is 11.4 Å². The summed E-state index contributed by atoms with van der Waals surface area (Å²) < 4.78 is 3.16. The monoisotopic (exact) mass is 418 g/mol. The van der Waals surface area contributed by atoms with Gasteiger partial charge in [-0.05, 0) is 67.9 Å². The summed E-state index contributed by atoms with van der Waals surface area (Å²) in [6.07, 6.45) is 1.83. The van der Waals surface area contributed by atoms with E-state index >= 15 is 0 Å². The minimum Gasteiger partial charge on any atom is -0.349 e. The molecule has 1 aliphatic heterocycles. The molecule has 0 bridgehead atoms. The maximum Gasteiger partial charge on any atom is 0.293 e. The van der Waals surface area contributed by atoms with E-state index in [9.17, 15) is 9.59 Å². The van der Waals surface area contributed by atoms with Crippen molar-refractivity contribution < 1.29 is 9.59 Å². The Kier molecular flexibility index (Phi) is 5.20. The Morgan fingerprint density at radius 2 is 1.84 bits per heavy atom. The highest BCUT2D eigenvalue weighted by Gasteiger charge is 2.35. The smallest absolute Gasteiger partial charge is 0.293 e. The third-order valence-corrected chi connectivity index (χ3v) is 5.78. The van der Waals surface area contributed by atoms with Crippen LogP contribution in [0.5, 0.6) is 0 Å². The summed E-state index contributed by atoms with van der Waals surface area (Å²) >= 11 is 4.40. The van der Waals surface area contributed by atoms with E-state index in [1.807, 2.05) is 44.2 Å². The van der Waals surface area contributed by atoms with Gasteiger partial charge in [0.25, 0.3) is 11.1 Å². The Balaban J connectivity index is 1.84. The van der Waals surface area contributed by atoms with Gasteiger partial charge in [-0.2, -0.15) is 0 Å². The van der Waals surface area contributed by atoms with Crippen molar-refractivity contribution in [3.05, 3.63) is 62.2 Å². The van der Waals surface area contributed by atoms with Gasteiger partial charge in [0.05, 0.1) is 11.4 Å². The van der Waals surface area contributed by atoms with Gasteiger partial charge in [-0.15, -0.1) is 0 Å². The van der Waals surface area contributed by atoms with Crippen LogP contribution in [0.4, 0.5) is 4.79 Å². The molecule has 0 aliphatic carbocycles. The third kappa shape index (κ3) is 3.60. The first-order valence-corrected chi connectivity index (χ1v) is 9.68. The Morgan fingerprint density at radius 1 is 1.16 bits per heavy atom. The summed E-state index contributed by atoms with van der Waals surface area (Å²) in [4.78, 5) is 26.7. The van der Waals surface area contributed by atoms with E-state index in [2.05, 4.69) is 33.5 Å². The largest absolute Gasteiger partial charge is 0.349 e. The lowest BCUT2D eigenvalue weighted by molar-refractivity contribution is -0.123. The van der Waals surface area contributed by atoms with Crippen molar-refractivity contribution in [2.24, 2.45) is 0 Å². The maximum atomic E-state index is 12.7. The van der Waals surface area contributed by atoms with Gasteiger partial charge >= 0.3 is 0 Å². The zero-order valence-corrected chi connectivity index (χ0v) is 16.8. The molecule has 1 aromatic heterocycles. The topological polar surface area (TPSA) is 42.3 Å². The highest BCUT2D eigenvalue weighted by atomic mass is 79.9. The van der Waals surface area contributed by atoms with E-state index in [1.54, 1.807) is 0 Å². The van der Waals surface area contributed by atoms with Gasteiger partial charge in [0.1, 0.15) is 0 Å². The summed E-state index contributed by atoms with van der Waals surface area (Å²) in [6.45, 7) is 7.36. The first kappa shape index (κ1) is 18.0. The van der Waals surface area contributed by atoms with E-state index in [1.165, 1.54) is 4.90 Å². The molecule has 3 rings (SSSR count). The zero-order valence-electron chi connectivity index (χ0n) is 14.4. The SMILES string of the molecule is CCn1c(C)cc(/C=C2\SC(=O)N(Cc3ccc(Br)cc3)C2=O)c1C. The molecule has 0 spiro atoms. The van der Waals surface area contributed by atoms with Gasteiger partial charge in [0, 0.05) is 22.4 Å². The van der Waals surface area contributed by atoms with Crippen LogP contribution in [0.15, 0.2) is 39.7 Å². The molecule has 0 saturated carbocycles. The van der Waals surface area contributed by atoms with E-state index in [4.69, 9.17) is 0 Å². The average Bonchev–Trinajstić information content (AvgIpc) is 2.99. The van der Waals surface area contributed by atoms with E-state index < -0.39 is 0 Å². The van der Waals surface area contributed by atoms with Crippen LogP contribution < -0.4 is 0 Å². The molecule has 25 heavy (non-hydrogen) atoms. The molecule has 2 aromatic rings. The van der Waals surface area contributed by atoms with Crippen molar-refractivity contribution in [1.29, 1.82) is 0 Å². The number of aryl methyl sites for hydroxylation is 1. The Morgan fingerprint density at radius 3 is 2.44 bits per heavy atom. The first-order valence-electron chi connectivity index (χ1n) is 8.07. The third-order valence-electron chi connectivity index (χ3n) is 4.34. The lowest BCUT2D eigenvalue weighted by atomic mass is 10.2. The summed E-state index contributed by atoms with van der Waals surface area (Å²) in [5.41, 5.74) is 4.18. The van der Waals surface area contributed by atoms with Crippen molar-refractivity contribution in [3.8, 4) is 0 Å². The number of benzene rings is 1. The van der Waals surface area contributed by atoms with Gasteiger partial charge in [-0.3, -0.25) is 14.5 Å². The number of rotatable bonds is 4. The maximum absolute atomic E-state index is 12.7. The van der Waals surface area contributed by atoms with Crippen molar-refractivity contribution in [2.75, 3.05) is 0 Å². The van der Waals surface area contributed by atoms with Crippen LogP contribution in [-0.2, 0) is 17.9 Å². The number of imide groups is 1. The summed E-state index contributed by atoms with van der Waals surface area (Å²) in [5, 5.41) is -0.219. The van der Waals surface area contributed by atoms with Crippen LogP contribution in [0, 0.1) is 13.8 Å². The molecule has 1 saturated heterocycles. The molecule has 1 aliphatic rings. The van der Waals surface area contributed by atoms with Crippen LogP contribution in [0.3, 0.4) is 0 Å². The number of hydrogen-bond acceptors (Lipinski definition) is 3. The fourth-order valence-electron chi connectivity index (χ4n) is 3.01. The van der Waals surface area contributed by atoms with Gasteiger partial charge in [0.15, 0.2) is 0 Å². The number of thioether (sulfide) groups is 1. The molecular formula is C19H19BrN2O2S. The van der Waals surface area contributed by atoms with Gasteiger partial charge in [-0.1, -0.05) is 28.1 Å². The van der Waals surface area contributed by atoms with E-state index in [0.717, 1.165) is 45.3 Å². The normalized spacial score (nSPS) is 16.3. The van der Waals surface area contributed by atoms with Gasteiger partial charge in [0.2, 0.25) is 0 Å². The standard InChI is InChI=1S/C19H19BrN2O2S/c1-4-21-12(2)9-15(13(21)3)10-17-18(23)22(19(24)25-17)11-14-5-7-16(20)8-6-14/h5-10H,4,11H2,1-3H3/b17-10-. The van der Waals surface area contributed by atoms with Crippen molar-refractivity contribution in [3.63, 3.8) is 0 Å². The minimum absolute atomic E-state index is 0.219. The molecule has 1 fully saturated rings. The first-order chi connectivity index (χ1) is 11.9. The number of aromatic nitrogens is 1. The molecular weight excluding hydrogens is 400 g/mol. The molecule has 0 atom stereocenters. The molecule has 1 aromatic carbocycles. The second-order valence-corrected chi connectivity index (χ2v) is 7.87. The van der Waals surface area contributed by atoms with Crippen LogP contribution in [0.25, 0.3) is 6.08 Å². The van der Waals surface area contributed by atoms with Crippen molar-refractivity contribution in [2.45, 2.75) is 33.9 Å². The molecule has 2 heterocycles. The molecule has 0 N–H and O–H groups in total. The number of halogens is 1. The molecule has 0 radical (unpaired) electrons. The number of carbonyl (C=O) groups excluding carboxylic acids is 2. The van der Waals surface area contributed by atoms with Crippen molar-refractivity contribution >= 4 is 44.9 Å². The zero-order chi connectivity index (χ0) is 18.1. The fraction of sp³-hybridized carbons (Fsp3) is 0.263. The lowest BCUT2D eigenvalue weighted by Crippen LogP contribution is -2.27. The lowest BCUT2D eigenvalue weighted by Gasteiger charge is -2.12. The van der Waals surface area contributed by atoms with Gasteiger partial charge in [-0.25, -0.2) is 0 Å². The molecule has 0 unspecified atom stereocenters. The van der Waals surface area contributed by atoms with Crippen LogP contribution in [0.1, 0.15) is 29.4 Å². The summed E-state index contributed by atoms with van der Waals surface area (Å²) in [5.74, 6) is -0.223. The molecule has 2 amide bonds. The summed E-state index contributed by atoms with van der Waals surface area (Å²) in [7, 11) is 0. The number of amides is 2. The van der Waals surface area contributed by atoms with Crippen LogP contribution in [0.2, 0.25) is 0 Å². The molecule has 4 nitrogen and oxygen atoms in total. The second-order valence-electron chi connectivity index (χ2n) is 5.97. The Bertz CT molecular complexity index is 868. The summed E-state index contributed by atoms with van der Waals surface area (Å²) in [6, 6.07) is 9.69. The second kappa shape index (κ2) is 7.22. The van der Waals surface area contributed by atoms with Crippen LogP contribution >= 0.6 is 27.7 Å². The van der Waals surface area contributed by atoms with E-state index in [-0.39, 0.29) is 11.1 Å². The quantitative estimate of drug-likeness (QED) is 0.646. The molecule has 6 heteroatoms. The number of carbonyl (C=O) groups is 2.